The molecule has 2 fully saturated rings. The van der Waals surface area contributed by atoms with Crippen molar-refractivity contribution in [2.75, 3.05) is 4.90 Å². The van der Waals surface area contributed by atoms with Gasteiger partial charge in [0.1, 0.15) is 0 Å². The largest absolute Gasteiger partial charge is 0.310 e. The Labute approximate surface area is 271 Å². The molecule has 0 amide bonds. The molecule has 5 aromatic carbocycles. The van der Waals surface area contributed by atoms with Gasteiger partial charge in [0.15, 0.2) is 0 Å². The Morgan fingerprint density at radius 3 is 1.44 bits per heavy atom. The molecule has 0 aliphatic heterocycles. The monoisotopic (exact) mass is 685 g/mol. The molecule has 4 unspecified atom stereocenters. The molecule has 2 saturated carbocycles. The summed E-state index contributed by atoms with van der Waals surface area (Å²) in [5.74, 6) is 3.04. The fraction of sp³-hybridized carbons (Fsp3) is 0.250. The topological polar surface area (TPSA) is 3.24 Å². The van der Waals surface area contributed by atoms with Crippen molar-refractivity contribution < 1.29 is 0 Å². The summed E-state index contributed by atoms with van der Waals surface area (Å²) in [6, 6.07) is 39.3. The minimum Gasteiger partial charge on any atom is -0.310 e. The van der Waals surface area contributed by atoms with Crippen LogP contribution in [0.15, 0.2) is 112 Å². The molecule has 0 spiro atoms. The van der Waals surface area contributed by atoms with Crippen molar-refractivity contribution in [3.8, 4) is 22.3 Å². The number of fused-ring (bicyclic) bond motifs is 10. The summed E-state index contributed by atoms with van der Waals surface area (Å²) in [5.41, 5.74) is 15.1. The van der Waals surface area contributed by atoms with E-state index in [4.69, 9.17) is 0 Å². The van der Waals surface area contributed by atoms with Crippen LogP contribution < -0.4 is 4.90 Å². The summed E-state index contributed by atoms with van der Waals surface area (Å²) >= 11 is 7.34. The molecule has 212 valence electrons. The SMILES string of the molecule is Brc1ccc(N(c2ccc(Br)cc2)c2cc(-c3ccc4c(c3)C3CCC4C3)ccc2-c2ccc3c(c2)C2CCC3C2)cc1. The Bertz CT molecular complexity index is 1830. The molecule has 4 bridgehead atoms. The number of hydrogen-bond donors (Lipinski definition) is 0. The lowest BCUT2D eigenvalue weighted by Gasteiger charge is -2.29. The first-order valence-corrected chi connectivity index (χ1v) is 17.4. The van der Waals surface area contributed by atoms with Crippen LogP contribution in [0.25, 0.3) is 22.3 Å². The fourth-order valence-electron chi connectivity index (χ4n) is 8.79. The van der Waals surface area contributed by atoms with E-state index in [0.717, 1.165) is 44.0 Å². The average Bonchev–Trinajstić information content (AvgIpc) is 3.85. The highest BCUT2D eigenvalue weighted by Crippen LogP contribution is 2.55. The Morgan fingerprint density at radius 2 is 0.884 bits per heavy atom. The Morgan fingerprint density at radius 1 is 0.442 bits per heavy atom. The summed E-state index contributed by atoms with van der Waals surface area (Å²) in [4.78, 5) is 2.44. The van der Waals surface area contributed by atoms with Crippen LogP contribution in [0.5, 0.6) is 0 Å². The van der Waals surface area contributed by atoms with E-state index in [9.17, 15) is 0 Å². The zero-order valence-electron chi connectivity index (χ0n) is 24.1. The maximum Gasteiger partial charge on any atom is 0.0546 e. The van der Waals surface area contributed by atoms with Crippen LogP contribution in [0.4, 0.5) is 17.1 Å². The molecule has 3 heteroatoms. The predicted octanol–water partition coefficient (Wildman–Crippen LogP) is 12.7. The molecular weight excluding hydrogens is 654 g/mol. The summed E-state index contributed by atoms with van der Waals surface area (Å²) < 4.78 is 2.17. The lowest BCUT2D eigenvalue weighted by molar-refractivity contribution is 0.718. The molecule has 0 heterocycles. The van der Waals surface area contributed by atoms with E-state index < -0.39 is 0 Å². The van der Waals surface area contributed by atoms with Gasteiger partial charge in [-0.25, -0.2) is 0 Å². The highest BCUT2D eigenvalue weighted by Gasteiger charge is 2.38. The van der Waals surface area contributed by atoms with Crippen LogP contribution >= 0.6 is 31.9 Å². The highest BCUT2D eigenvalue weighted by molar-refractivity contribution is 9.10. The van der Waals surface area contributed by atoms with Gasteiger partial charge < -0.3 is 4.90 Å². The quantitative estimate of drug-likeness (QED) is 0.178. The molecule has 5 aromatic rings. The van der Waals surface area contributed by atoms with Crippen LogP contribution in [-0.4, -0.2) is 0 Å². The number of rotatable bonds is 5. The van der Waals surface area contributed by atoms with E-state index in [-0.39, 0.29) is 0 Å². The van der Waals surface area contributed by atoms with Crippen LogP contribution in [0.1, 0.15) is 84.5 Å². The number of nitrogens with zero attached hydrogens (tertiary/aromatic N) is 1. The Hall–Kier alpha value is -3.14. The Balaban J connectivity index is 1.24. The van der Waals surface area contributed by atoms with Gasteiger partial charge in [-0.1, -0.05) is 80.4 Å². The van der Waals surface area contributed by atoms with Crippen molar-refractivity contribution >= 4 is 48.9 Å². The minimum atomic E-state index is 0.735. The van der Waals surface area contributed by atoms with Crippen LogP contribution in [0, 0.1) is 0 Å². The second-order valence-electron chi connectivity index (χ2n) is 13.1. The number of anilines is 3. The third kappa shape index (κ3) is 4.37. The molecular formula is C40H33Br2N. The van der Waals surface area contributed by atoms with Gasteiger partial charge in [0.25, 0.3) is 0 Å². The lowest BCUT2D eigenvalue weighted by Crippen LogP contribution is -2.11. The van der Waals surface area contributed by atoms with Crippen molar-refractivity contribution in [3.63, 3.8) is 0 Å². The van der Waals surface area contributed by atoms with E-state index in [1.54, 1.807) is 22.3 Å². The van der Waals surface area contributed by atoms with E-state index in [1.807, 2.05) is 0 Å². The first kappa shape index (κ1) is 26.3. The molecule has 1 nitrogen and oxygen atoms in total. The standard InChI is InChI=1S/C40H33Br2N/c41-31-8-12-33(13-9-31)43(34-14-10-32(42)11-15-34)40-23-25(24-5-16-35-26-1-3-28(19-26)38(35)21-24)6-18-37(40)30-7-17-36-27-2-4-29(20-27)39(36)22-30/h5-18,21-23,26-29H,1-4,19-20H2. The Kier molecular flexibility index (Phi) is 6.24. The van der Waals surface area contributed by atoms with Crippen LogP contribution in [-0.2, 0) is 0 Å². The van der Waals surface area contributed by atoms with E-state index in [0.29, 0.717) is 0 Å². The number of halogens is 2. The molecule has 0 aromatic heterocycles. The van der Waals surface area contributed by atoms with Gasteiger partial charge in [0, 0.05) is 25.9 Å². The van der Waals surface area contributed by atoms with Gasteiger partial charge in [0.05, 0.1) is 5.69 Å². The van der Waals surface area contributed by atoms with Crippen molar-refractivity contribution in [3.05, 3.63) is 134 Å². The summed E-state index contributed by atoms with van der Waals surface area (Å²) in [6.07, 6.45) is 8.12. The van der Waals surface area contributed by atoms with Crippen molar-refractivity contribution in [2.45, 2.75) is 62.2 Å². The van der Waals surface area contributed by atoms with Crippen molar-refractivity contribution in [2.24, 2.45) is 0 Å². The average molecular weight is 688 g/mol. The van der Waals surface area contributed by atoms with E-state index >= 15 is 0 Å². The summed E-state index contributed by atoms with van der Waals surface area (Å²) in [5, 5.41) is 0. The number of hydrogen-bond acceptors (Lipinski definition) is 1. The fourth-order valence-corrected chi connectivity index (χ4v) is 9.32. The van der Waals surface area contributed by atoms with E-state index in [2.05, 4.69) is 140 Å². The van der Waals surface area contributed by atoms with Crippen molar-refractivity contribution in [1.29, 1.82) is 0 Å². The van der Waals surface area contributed by atoms with Gasteiger partial charge in [-0.15, -0.1) is 0 Å². The first-order chi connectivity index (χ1) is 21.1. The summed E-state index contributed by atoms with van der Waals surface area (Å²) in [7, 11) is 0. The highest BCUT2D eigenvalue weighted by atomic mass is 79.9. The normalized spacial score (nSPS) is 22.6. The van der Waals surface area contributed by atoms with Gasteiger partial charge in [-0.05, 0) is 156 Å². The zero-order valence-corrected chi connectivity index (χ0v) is 27.2. The molecule has 4 aliphatic rings. The molecule has 43 heavy (non-hydrogen) atoms. The maximum atomic E-state index is 3.67. The predicted molar refractivity (Wildman–Crippen MR) is 186 cm³/mol. The molecule has 0 saturated heterocycles. The maximum absolute atomic E-state index is 3.67. The third-order valence-electron chi connectivity index (χ3n) is 10.9. The molecule has 4 atom stereocenters. The summed E-state index contributed by atoms with van der Waals surface area (Å²) in [6.45, 7) is 0. The van der Waals surface area contributed by atoms with E-state index in [1.165, 1.54) is 66.5 Å². The second-order valence-corrected chi connectivity index (χ2v) is 15.0. The molecule has 0 radical (unpaired) electrons. The molecule has 0 N–H and O–H groups in total. The third-order valence-corrected chi connectivity index (χ3v) is 11.9. The second kappa shape index (κ2) is 10.2. The van der Waals surface area contributed by atoms with Gasteiger partial charge in [-0.3, -0.25) is 0 Å². The minimum absolute atomic E-state index is 0.735. The van der Waals surface area contributed by atoms with Gasteiger partial charge in [0.2, 0.25) is 0 Å². The smallest absolute Gasteiger partial charge is 0.0546 e. The lowest BCUT2D eigenvalue weighted by atomic mass is 9.87. The first-order valence-electron chi connectivity index (χ1n) is 15.8. The van der Waals surface area contributed by atoms with Crippen LogP contribution in [0.3, 0.4) is 0 Å². The zero-order chi connectivity index (χ0) is 28.7. The number of benzene rings is 5. The van der Waals surface area contributed by atoms with Gasteiger partial charge >= 0.3 is 0 Å². The molecule has 9 rings (SSSR count). The molecule has 4 aliphatic carbocycles. The van der Waals surface area contributed by atoms with Gasteiger partial charge in [-0.2, -0.15) is 0 Å². The van der Waals surface area contributed by atoms with Crippen molar-refractivity contribution in [1.82, 2.24) is 0 Å². The van der Waals surface area contributed by atoms with Crippen LogP contribution in [0.2, 0.25) is 0 Å².